The topological polar surface area (TPSA) is 59.0 Å². The van der Waals surface area contributed by atoms with E-state index in [2.05, 4.69) is 107 Å². The third kappa shape index (κ3) is 8.43. The van der Waals surface area contributed by atoms with Gasteiger partial charge in [0.1, 0.15) is 11.5 Å². The second kappa shape index (κ2) is 13.0. The Morgan fingerprint density at radius 3 is 1.43 bits per heavy atom. The van der Waals surface area contributed by atoms with E-state index in [1.807, 2.05) is 35.3 Å². The van der Waals surface area contributed by atoms with E-state index in [0.29, 0.717) is 25.4 Å². The van der Waals surface area contributed by atoms with Gasteiger partial charge in [0.2, 0.25) is 0 Å². The predicted molar refractivity (Wildman–Crippen MR) is 188 cm³/mol. The molecule has 0 radical (unpaired) electrons. The van der Waals surface area contributed by atoms with Gasteiger partial charge in [-0.15, -0.1) is 23.5 Å². The third-order valence-electron chi connectivity index (χ3n) is 8.24. The molecule has 5 nitrogen and oxygen atoms in total. The summed E-state index contributed by atoms with van der Waals surface area (Å²) < 4.78 is 11.2. The van der Waals surface area contributed by atoms with Crippen molar-refractivity contribution >= 4 is 29.6 Å². The minimum Gasteiger partial charge on any atom is -0.507 e. The molecule has 1 amide bonds. The van der Waals surface area contributed by atoms with Crippen LogP contribution in [-0.2, 0) is 26.4 Å². The SMILES string of the molecule is CCOC(=O)N1CCC(Sc2cc(C(C)(C)C)c(O)c(C(C)(C)C)c2)(Sc2cc(C(C)(C)C)c(OC)c(C(C)(C)C)c2)CC1. The average Bonchev–Trinajstić information content (AvgIpc) is 2.87. The Labute approximate surface area is 276 Å². The van der Waals surface area contributed by atoms with Crippen LogP contribution in [0.4, 0.5) is 4.79 Å². The normalized spacial score (nSPS) is 16.2. The number of thioether (sulfide) groups is 2. The molecular formula is C37H57NO4S2. The molecule has 0 spiro atoms. The molecule has 0 bridgehead atoms. The zero-order chi connectivity index (χ0) is 33.5. The minimum atomic E-state index is -0.236. The van der Waals surface area contributed by atoms with Gasteiger partial charge in [-0.1, -0.05) is 83.1 Å². The van der Waals surface area contributed by atoms with Gasteiger partial charge in [0.25, 0.3) is 0 Å². The summed E-state index contributed by atoms with van der Waals surface area (Å²) in [6.07, 6.45) is 1.37. The Morgan fingerprint density at radius 2 is 1.11 bits per heavy atom. The first-order chi connectivity index (χ1) is 20.0. The van der Waals surface area contributed by atoms with Gasteiger partial charge >= 0.3 is 6.09 Å². The van der Waals surface area contributed by atoms with Crippen LogP contribution >= 0.6 is 23.5 Å². The molecule has 246 valence electrons. The van der Waals surface area contributed by atoms with Crippen molar-refractivity contribution in [3.8, 4) is 11.5 Å². The van der Waals surface area contributed by atoms with Crippen LogP contribution in [-0.4, -0.2) is 47.0 Å². The molecule has 44 heavy (non-hydrogen) atoms. The van der Waals surface area contributed by atoms with Crippen LogP contribution in [0.25, 0.3) is 0 Å². The van der Waals surface area contributed by atoms with Crippen molar-refractivity contribution in [1.29, 1.82) is 0 Å². The van der Waals surface area contributed by atoms with E-state index in [-0.39, 0.29) is 31.8 Å². The lowest BCUT2D eigenvalue weighted by atomic mass is 9.79. The fraction of sp³-hybridized carbons (Fsp3) is 0.649. The van der Waals surface area contributed by atoms with Gasteiger partial charge in [0, 0.05) is 45.1 Å². The maximum Gasteiger partial charge on any atom is 0.409 e. The zero-order valence-electron chi connectivity index (χ0n) is 29.8. The standard InChI is InChI=1S/C37H57NO4S2/c1-15-42-32(40)38-18-16-37(17-19-38,43-24-20-26(33(2,3)4)30(39)27(21-24)34(5,6)7)44-25-22-28(35(8,9)10)31(41-14)29(23-25)36(11,12)13/h20-23,39H,15-19H2,1-14H3. The zero-order valence-corrected chi connectivity index (χ0v) is 31.4. The molecule has 7 heteroatoms. The lowest BCUT2D eigenvalue weighted by Crippen LogP contribution is -2.44. The van der Waals surface area contributed by atoms with E-state index in [9.17, 15) is 9.90 Å². The van der Waals surface area contributed by atoms with Crippen LogP contribution in [0.3, 0.4) is 0 Å². The maximum absolute atomic E-state index is 12.7. The van der Waals surface area contributed by atoms with Crippen molar-refractivity contribution in [2.45, 2.75) is 138 Å². The van der Waals surface area contributed by atoms with E-state index < -0.39 is 0 Å². The number of piperidine rings is 1. The van der Waals surface area contributed by atoms with E-state index >= 15 is 0 Å². The molecule has 0 aliphatic carbocycles. The Balaban J connectivity index is 2.20. The average molecular weight is 644 g/mol. The predicted octanol–water partition coefficient (Wildman–Crippen LogP) is 10.4. The van der Waals surface area contributed by atoms with E-state index in [1.54, 1.807) is 7.11 Å². The van der Waals surface area contributed by atoms with E-state index in [0.717, 1.165) is 34.6 Å². The number of carbonyl (C=O) groups is 1. The molecule has 2 aromatic carbocycles. The van der Waals surface area contributed by atoms with Gasteiger partial charge in [0.15, 0.2) is 0 Å². The number of phenols is 1. The monoisotopic (exact) mass is 643 g/mol. The van der Waals surface area contributed by atoms with Crippen LogP contribution < -0.4 is 4.74 Å². The number of amides is 1. The summed E-state index contributed by atoms with van der Waals surface area (Å²) in [7, 11) is 1.78. The van der Waals surface area contributed by atoms with Crippen molar-refractivity contribution in [3.05, 3.63) is 46.5 Å². The number of benzene rings is 2. The molecule has 0 unspecified atom stereocenters. The third-order valence-corrected chi connectivity index (χ3v) is 11.2. The Bertz CT molecular complexity index is 1260. The second-order valence-electron chi connectivity index (χ2n) is 16.2. The molecule has 1 saturated heterocycles. The number of hydrogen-bond acceptors (Lipinski definition) is 6. The molecule has 3 rings (SSSR count). The van der Waals surface area contributed by atoms with Crippen LogP contribution in [0, 0.1) is 0 Å². The Morgan fingerprint density at radius 1 is 0.750 bits per heavy atom. The lowest BCUT2D eigenvalue weighted by molar-refractivity contribution is 0.0993. The highest BCUT2D eigenvalue weighted by Crippen LogP contribution is 2.55. The summed E-state index contributed by atoms with van der Waals surface area (Å²) in [6, 6.07) is 9.00. The summed E-state index contributed by atoms with van der Waals surface area (Å²) >= 11 is 3.79. The van der Waals surface area contributed by atoms with Crippen LogP contribution in [0.2, 0.25) is 0 Å². The minimum absolute atomic E-state index is 0.102. The van der Waals surface area contributed by atoms with Crippen molar-refractivity contribution in [3.63, 3.8) is 0 Å². The number of nitrogens with zero attached hydrogens (tertiary/aromatic N) is 1. The second-order valence-corrected chi connectivity index (χ2v) is 19.4. The summed E-state index contributed by atoms with van der Waals surface area (Å²) in [5.41, 5.74) is 3.70. The van der Waals surface area contributed by atoms with Gasteiger partial charge in [-0.25, -0.2) is 4.79 Å². The highest BCUT2D eigenvalue weighted by atomic mass is 32.2. The number of rotatable bonds is 6. The number of ether oxygens (including phenoxy) is 2. The largest absolute Gasteiger partial charge is 0.507 e. The van der Waals surface area contributed by atoms with Gasteiger partial charge in [-0.2, -0.15) is 0 Å². The first-order valence-corrected chi connectivity index (χ1v) is 17.6. The smallest absolute Gasteiger partial charge is 0.409 e. The van der Waals surface area contributed by atoms with E-state index in [4.69, 9.17) is 9.47 Å². The number of aromatic hydroxyl groups is 1. The molecule has 0 saturated carbocycles. The summed E-state index contributed by atoms with van der Waals surface area (Å²) in [4.78, 5) is 16.9. The summed E-state index contributed by atoms with van der Waals surface area (Å²) in [5.74, 6) is 1.37. The van der Waals surface area contributed by atoms with Crippen molar-refractivity contribution in [1.82, 2.24) is 4.90 Å². The first-order valence-electron chi connectivity index (χ1n) is 15.9. The van der Waals surface area contributed by atoms with Crippen LogP contribution in [0.5, 0.6) is 11.5 Å². The van der Waals surface area contributed by atoms with Gasteiger partial charge in [-0.05, 0) is 65.7 Å². The number of likely N-dealkylation sites (tertiary alicyclic amines) is 1. The van der Waals surface area contributed by atoms with Gasteiger partial charge in [0.05, 0.1) is 17.8 Å². The van der Waals surface area contributed by atoms with Crippen molar-refractivity contribution < 1.29 is 19.4 Å². The highest BCUT2D eigenvalue weighted by Gasteiger charge is 2.40. The maximum atomic E-state index is 12.7. The quantitative estimate of drug-likeness (QED) is 0.316. The molecule has 1 N–H and O–H groups in total. The van der Waals surface area contributed by atoms with Crippen LogP contribution in [0.15, 0.2) is 34.1 Å². The Hall–Kier alpha value is -1.99. The highest BCUT2D eigenvalue weighted by molar-refractivity contribution is 8.18. The fourth-order valence-corrected chi connectivity index (χ4v) is 8.79. The molecule has 0 aromatic heterocycles. The Kier molecular flexibility index (Phi) is 10.8. The summed E-state index contributed by atoms with van der Waals surface area (Å²) in [6.45, 7) is 29.9. The van der Waals surface area contributed by atoms with Crippen LogP contribution in [0.1, 0.15) is 125 Å². The van der Waals surface area contributed by atoms with Crippen molar-refractivity contribution in [2.24, 2.45) is 0 Å². The number of carbonyl (C=O) groups excluding carboxylic acids is 1. The summed E-state index contributed by atoms with van der Waals surface area (Å²) in [5, 5.41) is 11.4. The number of methoxy groups -OCH3 is 1. The van der Waals surface area contributed by atoms with Gasteiger partial charge in [-0.3, -0.25) is 0 Å². The molecule has 1 aliphatic heterocycles. The molecule has 1 fully saturated rings. The van der Waals surface area contributed by atoms with Crippen molar-refractivity contribution in [2.75, 3.05) is 26.8 Å². The number of phenolic OH excluding ortho intramolecular Hbond substituents is 1. The van der Waals surface area contributed by atoms with Gasteiger partial charge < -0.3 is 19.5 Å². The number of hydrogen-bond donors (Lipinski definition) is 1. The van der Waals surface area contributed by atoms with E-state index in [1.165, 1.54) is 16.0 Å². The molecule has 2 aromatic rings. The molecule has 1 aliphatic rings. The first kappa shape index (κ1) is 36.5. The fourth-order valence-electron chi connectivity index (χ4n) is 5.71. The molecule has 1 heterocycles. The molecule has 0 atom stereocenters. The lowest BCUT2D eigenvalue weighted by Gasteiger charge is -2.41. The molecular weight excluding hydrogens is 587 g/mol.